The number of nitrogens with one attached hydrogen (secondary N) is 2. The second kappa shape index (κ2) is 9.63. The summed E-state index contributed by atoms with van der Waals surface area (Å²) in [4.78, 5) is 38.5. The van der Waals surface area contributed by atoms with Crippen molar-refractivity contribution in [1.29, 1.82) is 0 Å². The first-order valence-corrected chi connectivity index (χ1v) is 9.57. The van der Waals surface area contributed by atoms with E-state index in [0.29, 0.717) is 26.2 Å². The number of benzene rings is 1. The number of piperidine rings is 1. The number of likely N-dealkylation sites (tertiary alicyclic amines) is 1. The van der Waals surface area contributed by atoms with Gasteiger partial charge in [0.1, 0.15) is 5.82 Å². The van der Waals surface area contributed by atoms with Gasteiger partial charge in [0.25, 0.3) is 12.4 Å². The SMILES string of the molecule is O=C(c1n[nH]c(=O)[nH]1)N1CCOC2(CCN(Cc3cccc(F)c3)CC2)C1.O=CO. The number of aromatic nitrogens is 3. The molecule has 1 amide bonds. The molecule has 0 unspecified atom stereocenters. The summed E-state index contributed by atoms with van der Waals surface area (Å²) >= 11 is 0. The van der Waals surface area contributed by atoms with E-state index in [-0.39, 0.29) is 29.6 Å². The number of amides is 1. The molecule has 2 aromatic rings. The van der Waals surface area contributed by atoms with E-state index in [0.717, 1.165) is 31.5 Å². The Balaban J connectivity index is 0.000000806. The molecule has 2 saturated heterocycles. The smallest absolute Gasteiger partial charge is 0.341 e. The fourth-order valence-electron chi connectivity index (χ4n) is 3.85. The zero-order valence-corrected chi connectivity index (χ0v) is 16.3. The zero-order valence-electron chi connectivity index (χ0n) is 16.3. The number of aromatic amines is 2. The summed E-state index contributed by atoms with van der Waals surface area (Å²) in [6, 6.07) is 6.66. The number of nitrogens with zero attached hydrogens (tertiary/aromatic N) is 3. The van der Waals surface area contributed by atoms with Crippen LogP contribution in [-0.2, 0) is 16.1 Å². The Morgan fingerprint density at radius 1 is 1.33 bits per heavy atom. The molecule has 4 rings (SSSR count). The van der Waals surface area contributed by atoms with Crippen molar-refractivity contribution in [3.63, 3.8) is 0 Å². The Morgan fingerprint density at radius 2 is 2.07 bits per heavy atom. The minimum Gasteiger partial charge on any atom is -0.483 e. The Bertz CT molecular complexity index is 922. The average molecular weight is 421 g/mol. The molecule has 0 bridgehead atoms. The fourth-order valence-corrected chi connectivity index (χ4v) is 3.85. The van der Waals surface area contributed by atoms with Crippen LogP contribution in [0.5, 0.6) is 0 Å². The van der Waals surface area contributed by atoms with E-state index in [1.165, 1.54) is 6.07 Å². The highest BCUT2D eigenvalue weighted by Gasteiger charge is 2.41. The molecule has 2 aliphatic heterocycles. The van der Waals surface area contributed by atoms with Gasteiger partial charge in [-0.15, -0.1) is 5.10 Å². The monoisotopic (exact) mass is 421 g/mol. The summed E-state index contributed by atoms with van der Waals surface area (Å²) in [7, 11) is 0. The Kier molecular flexibility index (Phi) is 6.95. The summed E-state index contributed by atoms with van der Waals surface area (Å²) < 4.78 is 19.4. The second-order valence-corrected chi connectivity index (χ2v) is 7.30. The first-order chi connectivity index (χ1) is 14.4. The molecule has 3 heterocycles. The molecule has 10 nitrogen and oxygen atoms in total. The van der Waals surface area contributed by atoms with Crippen LogP contribution in [0, 0.1) is 5.82 Å². The van der Waals surface area contributed by atoms with E-state index in [4.69, 9.17) is 14.6 Å². The third-order valence-corrected chi connectivity index (χ3v) is 5.30. The summed E-state index contributed by atoms with van der Waals surface area (Å²) in [5.41, 5.74) is 0.0879. The van der Waals surface area contributed by atoms with Crippen molar-refractivity contribution in [2.45, 2.75) is 25.0 Å². The van der Waals surface area contributed by atoms with E-state index < -0.39 is 5.69 Å². The maximum absolute atomic E-state index is 13.4. The van der Waals surface area contributed by atoms with Gasteiger partial charge in [-0.2, -0.15) is 0 Å². The van der Waals surface area contributed by atoms with Crippen LogP contribution in [0.2, 0.25) is 0 Å². The van der Waals surface area contributed by atoms with Gasteiger partial charge in [-0.1, -0.05) is 12.1 Å². The van der Waals surface area contributed by atoms with Crippen LogP contribution in [-0.4, -0.2) is 80.9 Å². The average Bonchev–Trinajstić information content (AvgIpc) is 3.16. The Labute approximate surface area is 171 Å². The number of carbonyl (C=O) groups is 2. The van der Waals surface area contributed by atoms with Gasteiger partial charge in [-0.05, 0) is 30.5 Å². The van der Waals surface area contributed by atoms with E-state index in [9.17, 15) is 14.0 Å². The number of carbonyl (C=O) groups excluding carboxylic acids is 1. The molecule has 0 aliphatic carbocycles. The van der Waals surface area contributed by atoms with E-state index >= 15 is 0 Å². The van der Waals surface area contributed by atoms with Crippen LogP contribution >= 0.6 is 0 Å². The quantitative estimate of drug-likeness (QED) is 0.613. The number of H-pyrrole nitrogens is 2. The van der Waals surface area contributed by atoms with Crippen LogP contribution in [0.1, 0.15) is 29.0 Å². The molecule has 0 radical (unpaired) electrons. The van der Waals surface area contributed by atoms with Gasteiger partial charge in [0.15, 0.2) is 0 Å². The topological polar surface area (TPSA) is 132 Å². The molecule has 11 heteroatoms. The number of hydrogen-bond acceptors (Lipinski definition) is 6. The highest BCUT2D eigenvalue weighted by Crippen LogP contribution is 2.31. The van der Waals surface area contributed by atoms with Crippen molar-refractivity contribution >= 4 is 12.4 Å². The number of hydrogen-bond donors (Lipinski definition) is 3. The van der Waals surface area contributed by atoms with Crippen molar-refractivity contribution in [3.05, 3.63) is 52.0 Å². The maximum atomic E-state index is 13.4. The van der Waals surface area contributed by atoms with Gasteiger partial charge >= 0.3 is 5.69 Å². The third-order valence-electron chi connectivity index (χ3n) is 5.30. The largest absolute Gasteiger partial charge is 0.483 e. The van der Waals surface area contributed by atoms with Crippen LogP contribution in [0.15, 0.2) is 29.1 Å². The number of halogens is 1. The van der Waals surface area contributed by atoms with E-state index in [1.54, 1.807) is 17.0 Å². The van der Waals surface area contributed by atoms with Gasteiger partial charge in [-0.3, -0.25) is 19.5 Å². The minimum absolute atomic E-state index is 0.0283. The van der Waals surface area contributed by atoms with Crippen LogP contribution in [0.4, 0.5) is 4.39 Å². The lowest BCUT2D eigenvalue weighted by Crippen LogP contribution is -2.58. The predicted molar refractivity (Wildman–Crippen MR) is 103 cm³/mol. The lowest BCUT2D eigenvalue weighted by atomic mass is 9.89. The Hall–Kier alpha value is -3.05. The zero-order chi connectivity index (χ0) is 21.6. The molecule has 2 aliphatic rings. The van der Waals surface area contributed by atoms with Crippen LogP contribution in [0.3, 0.4) is 0 Å². The minimum atomic E-state index is -0.494. The van der Waals surface area contributed by atoms with Gasteiger partial charge < -0.3 is 14.7 Å². The van der Waals surface area contributed by atoms with Crippen molar-refractivity contribution in [2.75, 3.05) is 32.8 Å². The summed E-state index contributed by atoms with van der Waals surface area (Å²) in [5, 5.41) is 12.8. The number of rotatable bonds is 3. The fraction of sp³-hybridized carbons (Fsp3) is 0.474. The van der Waals surface area contributed by atoms with Crippen molar-refractivity contribution in [2.24, 2.45) is 0 Å². The highest BCUT2D eigenvalue weighted by molar-refractivity contribution is 5.90. The standard InChI is InChI=1S/C18H22FN5O3.CH2O2/c19-14-3-1-2-13(10-14)11-23-6-4-18(5-7-23)12-24(8-9-27-18)16(25)15-20-17(26)22-21-15;2-1-3/h1-3,10H,4-9,11-12H2,(H2,20,21,22,26);1H,(H,2,3). The molecule has 0 atom stereocenters. The molecule has 1 aromatic carbocycles. The molecule has 0 saturated carbocycles. The third kappa shape index (κ3) is 5.30. The van der Waals surface area contributed by atoms with Crippen LogP contribution < -0.4 is 5.69 Å². The first-order valence-electron chi connectivity index (χ1n) is 9.57. The summed E-state index contributed by atoms with van der Waals surface area (Å²) in [5.74, 6) is -0.485. The Morgan fingerprint density at radius 3 is 2.70 bits per heavy atom. The summed E-state index contributed by atoms with van der Waals surface area (Å²) in [6.45, 7) is 3.50. The lowest BCUT2D eigenvalue weighted by molar-refractivity contribution is -0.128. The molecule has 1 spiro atoms. The second-order valence-electron chi connectivity index (χ2n) is 7.30. The van der Waals surface area contributed by atoms with Gasteiger partial charge in [-0.25, -0.2) is 14.3 Å². The molecule has 2 fully saturated rings. The number of carboxylic acid groups (broad SMARTS) is 1. The van der Waals surface area contributed by atoms with Gasteiger partial charge in [0.05, 0.1) is 18.8 Å². The van der Waals surface area contributed by atoms with E-state index in [1.807, 2.05) is 6.07 Å². The predicted octanol–water partition coefficient (Wildman–Crippen LogP) is 0.445. The molecule has 1 aromatic heterocycles. The molecular formula is C19H24FN5O5. The van der Waals surface area contributed by atoms with Crippen LogP contribution in [0.25, 0.3) is 0 Å². The molecule has 3 N–H and O–H groups in total. The van der Waals surface area contributed by atoms with Gasteiger partial charge in [0.2, 0.25) is 5.82 Å². The number of morpholine rings is 1. The highest BCUT2D eigenvalue weighted by atomic mass is 19.1. The molecule has 30 heavy (non-hydrogen) atoms. The normalized spacial score (nSPS) is 18.5. The van der Waals surface area contributed by atoms with Gasteiger partial charge in [0, 0.05) is 26.2 Å². The van der Waals surface area contributed by atoms with Crippen molar-refractivity contribution < 1.29 is 23.8 Å². The summed E-state index contributed by atoms with van der Waals surface area (Å²) in [6.07, 6.45) is 1.59. The van der Waals surface area contributed by atoms with E-state index in [2.05, 4.69) is 20.1 Å². The molecular weight excluding hydrogens is 397 g/mol. The van der Waals surface area contributed by atoms with Crippen molar-refractivity contribution in [1.82, 2.24) is 25.0 Å². The first kappa shape index (κ1) is 21.7. The maximum Gasteiger partial charge on any atom is 0.341 e. The lowest BCUT2D eigenvalue weighted by Gasteiger charge is -2.47. The molecule has 162 valence electrons. The van der Waals surface area contributed by atoms with Crippen molar-refractivity contribution in [3.8, 4) is 0 Å². The number of ether oxygens (including phenoxy) is 1.